The van der Waals surface area contributed by atoms with Crippen LogP contribution in [-0.4, -0.2) is 40.9 Å². The molecule has 0 aromatic heterocycles. The molecule has 0 saturated carbocycles. The van der Waals surface area contributed by atoms with Crippen LogP contribution in [0.3, 0.4) is 0 Å². The third-order valence-corrected chi connectivity index (χ3v) is 4.82. The van der Waals surface area contributed by atoms with Crippen molar-refractivity contribution in [3.8, 4) is 5.75 Å². The molecule has 0 heterocycles. The van der Waals surface area contributed by atoms with Crippen LogP contribution in [0.15, 0.2) is 53.6 Å². The van der Waals surface area contributed by atoms with Crippen molar-refractivity contribution in [2.45, 2.75) is 32.1 Å². The maximum absolute atomic E-state index is 11.9. The van der Waals surface area contributed by atoms with Crippen LogP contribution in [-0.2, 0) is 15.3 Å². The fraction of sp³-hybridized carbons (Fsp3) is 0.318. The first-order chi connectivity index (χ1) is 15.1. The first-order valence-electron chi connectivity index (χ1n) is 9.79. The van der Waals surface area contributed by atoms with E-state index < -0.39 is 4.92 Å². The summed E-state index contributed by atoms with van der Waals surface area (Å²) in [5.41, 5.74) is 3.84. The SMILES string of the molecule is CC(C)(C)NC(=O)COc1ccc(/C=N\NC(=O)CSCc2ccc([N+](=O)[O-])cc2)cc1. The number of nitrogens with one attached hydrogen (secondary N) is 2. The first kappa shape index (κ1) is 24.9. The highest BCUT2D eigenvalue weighted by Gasteiger charge is 2.13. The molecule has 0 radical (unpaired) electrons. The topological polar surface area (TPSA) is 123 Å². The zero-order chi connectivity index (χ0) is 23.6. The van der Waals surface area contributed by atoms with Gasteiger partial charge in [-0.3, -0.25) is 19.7 Å². The molecule has 170 valence electrons. The molecule has 0 bridgehead atoms. The summed E-state index contributed by atoms with van der Waals surface area (Å²) < 4.78 is 5.45. The summed E-state index contributed by atoms with van der Waals surface area (Å²) in [4.78, 5) is 33.8. The van der Waals surface area contributed by atoms with Crippen LogP contribution in [0, 0.1) is 10.1 Å². The predicted octanol–water partition coefficient (Wildman–Crippen LogP) is 3.27. The molecule has 2 N–H and O–H groups in total. The van der Waals surface area contributed by atoms with Gasteiger partial charge in [0.1, 0.15) is 5.75 Å². The van der Waals surface area contributed by atoms with Crippen molar-refractivity contribution in [2.24, 2.45) is 5.10 Å². The minimum absolute atomic E-state index is 0.0384. The predicted molar refractivity (Wildman–Crippen MR) is 125 cm³/mol. The summed E-state index contributed by atoms with van der Waals surface area (Å²) in [6.45, 7) is 5.62. The fourth-order valence-electron chi connectivity index (χ4n) is 2.44. The normalized spacial score (nSPS) is 11.2. The van der Waals surface area contributed by atoms with Crippen molar-refractivity contribution in [1.82, 2.24) is 10.7 Å². The van der Waals surface area contributed by atoms with Crippen LogP contribution in [0.4, 0.5) is 5.69 Å². The van der Waals surface area contributed by atoms with Gasteiger partial charge >= 0.3 is 0 Å². The number of nitro groups is 1. The Morgan fingerprint density at radius 2 is 1.75 bits per heavy atom. The van der Waals surface area contributed by atoms with Gasteiger partial charge in [-0.1, -0.05) is 12.1 Å². The summed E-state index contributed by atoms with van der Waals surface area (Å²) in [6, 6.07) is 13.2. The molecular weight excluding hydrogens is 432 g/mol. The maximum atomic E-state index is 11.9. The van der Waals surface area contributed by atoms with E-state index in [0.717, 1.165) is 11.1 Å². The van der Waals surface area contributed by atoms with Crippen LogP contribution >= 0.6 is 11.8 Å². The summed E-state index contributed by atoms with van der Waals surface area (Å²) in [6.07, 6.45) is 1.51. The molecule has 10 heteroatoms. The molecule has 0 unspecified atom stereocenters. The number of hydrazone groups is 1. The van der Waals surface area contributed by atoms with E-state index in [1.54, 1.807) is 36.4 Å². The highest BCUT2D eigenvalue weighted by Crippen LogP contribution is 2.16. The number of rotatable bonds is 10. The highest BCUT2D eigenvalue weighted by atomic mass is 32.2. The molecule has 0 saturated heterocycles. The second-order valence-electron chi connectivity index (χ2n) is 7.87. The minimum Gasteiger partial charge on any atom is -0.484 e. The Morgan fingerprint density at radius 3 is 2.34 bits per heavy atom. The smallest absolute Gasteiger partial charge is 0.269 e. The van der Waals surface area contributed by atoms with Crippen LogP contribution in [0.2, 0.25) is 0 Å². The average molecular weight is 459 g/mol. The molecule has 0 aliphatic heterocycles. The summed E-state index contributed by atoms with van der Waals surface area (Å²) in [7, 11) is 0. The standard InChI is InChI=1S/C22H26N4O5S/c1-22(2,3)24-20(27)13-31-19-10-6-16(7-11-19)12-23-25-21(28)15-32-14-17-4-8-18(9-5-17)26(29)30/h4-12H,13-15H2,1-3H3,(H,24,27)(H,25,28)/b23-12-. The second kappa shape index (κ2) is 11.8. The van der Waals surface area contributed by atoms with Crippen molar-refractivity contribution in [1.29, 1.82) is 0 Å². The first-order valence-corrected chi connectivity index (χ1v) is 10.9. The fourth-order valence-corrected chi connectivity index (χ4v) is 3.22. The Kier molecular flexibility index (Phi) is 9.21. The van der Waals surface area contributed by atoms with Gasteiger partial charge in [0.2, 0.25) is 5.91 Å². The zero-order valence-corrected chi connectivity index (χ0v) is 19.0. The molecular formula is C22H26N4O5S. The van der Waals surface area contributed by atoms with E-state index in [9.17, 15) is 19.7 Å². The van der Waals surface area contributed by atoms with Crippen molar-refractivity contribution in [2.75, 3.05) is 12.4 Å². The molecule has 32 heavy (non-hydrogen) atoms. The molecule has 2 amide bonds. The van der Waals surface area contributed by atoms with E-state index in [1.165, 1.54) is 30.1 Å². The number of nitrogens with zero attached hydrogens (tertiary/aromatic N) is 2. The number of non-ortho nitro benzene ring substituents is 1. The molecule has 0 fully saturated rings. The van der Waals surface area contributed by atoms with Gasteiger partial charge in [0.25, 0.3) is 11.6 Å². The number of benzene rings is 2. The van der Waals surface area contributed by atoms with Gasteiger partial charge in [-0.25, -0.2) is 5.43 Å². The Hall–Kier alpha value is -3.40. The number of hydrogen-bond acceptors (Lipinski definition) is 7. The van der Waals surface area contributed by atoms with Gasteiger partial charge < -0.3 is 10.1 Å². The van der Waals surface area contributed by atoms with Crippen LogP contribution in [0.25, 0.3) is 0 Å². The summed E-state index contributed by atoms with van der Waals surface area (Å²) in [5.74, 6) is 0.871. The van der Waals surface area contributed by atoms with Gasteiger partial charge in [0, 0.05) is 23.4 Å². The monoisotopic (exact) mass is 458 g/mol. The Labute approximate surface area is 190 Å². The quantitative estimate of drug-likeness (QED) is 0.320. The van der Waals surface area contributed by atoms with Gasteiger partial charge in [-0.05, 0) is 56.2 Å². The van der Waals surface area contributed by atoms with Crippen molar-refractivity contribution >= 4 is 35.5 Å². The second-order valence-corrected chi connectivity index (χ2v) is 8.85. The minimum atomic E-state index is -0.449. The molecule has 0 atom stereocenters. The van der Waals surface area contributed by atoms with Gasteiger partial charge in [0.05, 0.1) is 16.9 Å². The van der Waals surface area contributed by atoms with Crippen LogP contribution in [0.1, 0.15) is 31.9 Å². The number of ether oxygens (including phenoxy) is 1. The Balaban J connectivity index is 1.69. The van der Waals surface area contributed by atoms with E-state index in [4.69, 9.17) is 4.74 Å². The number of carbonyl (C=O) groups excluding carboxylic acids is 2. The number of hydrogen-bond donors (Lipinski definition) is 2. The van der Waals surface area contributed by atoms with E-state index in [1.807, 2.05) is 20.8 Å². The molecule has 2 aromatic carbocycles. The largest absolute Gasteiger partial charge is 0.484 e. The third-order valence-electron chi connectivity index (χ3n) is 3.82. The molecule has 2 rings (SSSR count). The Bertz CT molecular complexity index is 954. The number of carbonyl (C=O) groups is 2. The van der Waals surface area contributed by atoms with E-state index in [-0.39, 0.29) is 35.4 Å². The summed E-state index contributed by atoms with van der Waals surface area (Å²) in [5, 5.41) is 17.4. The molecule has 0 aliphatic carbocycles. The van der Waals surface area contributed by atoms with E-state index >= 15 is 0 Å². The third kappa shape index (κ3) is 9.61. The maximum Gasteiger partial charge on any atom is 0.269 e. The van der Waals surface area contributed by atoms with E-state index in [2.05, 4.69) is 15.8 Å². The highest BCUT2D eigenvalue weighted by molar-refractivity contribution is 7.99. The lowest BCUT2D eigenvalue weighted by atomic mass is 10.1. The number of thioether (sulfide) groups is 1. The average Bonchev–Trinajstić information content (AvgIpc) is 2.72. The molecule has 2 aromatic rings. The van der Waals surface area contributed by atoms with Gasteiger partial charge in [-0.15, -0.1) is 11.8 Å². The van der Waals surface area contributed by atoms with E-state index in [0.29, 0.717) is 11.5 Å². The molecule has 0 spiro atoms. The lowest BCUT2D eigenvalue weighted by Gasteiger charge is -2.20. The van der Waals surface area contributed by atoms with Crippen LogP contribution < -0.4 is 15.5 Å². The van der Waals surface area contributed by atoms with Crippen molar-refractivity contribution < 1.29 is 19.2 Å². The lowest BCUT2D eigenvalue weighted by Crippen LogP contribution is -2.43. The number of amides is 2. The van der Waals surface area contributed by atoms with Crippen LogP contribution in [0.5, 0.6) is 5.75 Å². The Morgan fingerprint density at radius 1 is 1.09 bits per heavy atom. The number of nitro benzene ring substituents is 1. The molecule has 9 nitrogen and oxygen atoms in total. The van der Waals surface area contributed by atoms with Gasteiger partial charge in [0.15, 0.2) is 6.61 Å². The van der Waals surface area contributed by atoms with Crippen molar-refractivity contribution in [3.63, 3.8) is 0 Å². The molecule has 0 aliphatic rings. The summed E-state index contributed by atoms with van der Waals surface area (Å²) >= 11 is 1.38. The van der Waals surface area contributed by atoms with Gasteiger partial charge in [-0.2, -0.15) is 5.10 Å². The lowest BCUT2D eigenvalue weighted by molar-refractivity contribution is -0.384. The zero-order valence-electron chi connectivity index (χ0n) is 18.2. The van der Waals surface area contributed by atoms with Crippen molar-refractivity contribution in [3.05, 3.63) is 69.8 Å².